The first-order chi connectivity index (χ1) is 14.4. The molecule has 1 aromatic carbocycles. The quantitative estimate of drug-likeness (QED) is 0.331. The van der Waals surface area contributed by atoms with E-state index < -0.39 is 24.3 Å². The summed E-state index contributed by atoms with van der Waals surface area (Å²) in [7, 11) is 0. The van der Waals surface area contributed by atoms with Gasteiger partial charge < -0.3 is 25.2 Å². The monoisotopic (exact) mass is 436 g/mol. The molecule has 0 spiro atoms. The molecule has 0 saturated carbocycles. The minimum atomic E-state index is -1.04. The summed E-state index contributed by atoms with van der Waals surface area (Å²) in [5.41, 5.74) is 0. The molecule has 4 N–H and O–H groups in total. The number of hydrogen-bond acceptors (Lipinski definition) is 5. The number of carboxylic acid groups (broad SMARTS) is 1. The van der Waals surface area contributed by atoms with Gasteiger partial charge in [0.1, 0.15) is 5.75 Å². The smallest absolute Gasteiger partial charge is 0.303 e. The standard InChI is InChI=1S/C23H29ClO6/c24-18-9-7-11-20(17-18)30-16-15-19(25)10-5-3-1-2-4-6-12-21(26)22(27)13-8-14-23(28)29/h1-7,9-12,17,19,21-22,25-27H,8,13-16H2,(H,28,29)/b3-1-,4-2+,10-5+,12-6+/t19-,21-,22+/m1/s1. The zero-order valence-corrected chi connectivity index (χ0v) is 17.4. The molecule has 1 aromatic rings. The SMILES string of the molecule is O=C(O)CCC[C@H](O)[C@H](O)/C=C/C=C/C=C\C=C\[C@@H](O)CCOc1cccc(Cl)c1. The van der Waals surface area contributed by atoms with E-state index in [1.807, 2.05) is 0 Å². The number of carbonyl (C=O) groups is 1. The summed E-state index contributed by atoms with van der Waals surface area (Å²) in [5.74, 6) is -0.260. The molecule has 1 rings (SSSR count). The van der Waals surface area contributed by atoms with Crippen LogP contribution in [0.25, 0.3) is 0 Å². The highest BCUT2D eigenvalue weighted by molar-refractivity contribution is 6.30. The summed E-state index contributed by atoms with van der Waals surface area (Å²) in [4.78, 5) is 10.4. The predicted molar refractivity (Wildman–Crippen MR) is 118 cm³/mol. The number of aliphatic hydroxyl groups is 3. The van der Waals surface area contributed by atoms with E-state index in [-0.39, 0.29) is 12.8 Å². The molecule has 0 bridgehead atoms. The lowest BCUT2D eigenvalue weighted by Gasteiger charge is -2.13. The molecule has 3 atom stereocenters. The Morgan fingerprint density at radius 2 is 1.67 bits per heavy atom. The number of aliphatic hydroxyl groups excluding tert-OH is 3. The lowest BCUT2D eigenvalue weighted by molar-refractivity contribution is -0.137. The van der Waals surface area contributed by atoms with Gasteiger partial charge in [0.2, 0.25) is 0 Å². The highest BCUT2D eigenvalue weighted by Gasteiger charge is 2.12. The lowest BCUT2D eigenvalue weighted by atomic mass is 10.1. The molecule has 164 valence electrons. The third-order valence-corrected chi connectivity index (χ3v) is 4.20. The number of hydrogen-bond donors (Lipinski definition) is 4. The topological polar surface area (TPSA) is 107 Å². The van der Waals surface area contributed by atoms with Crippen molar-refractivity contribution in [1.29, 1.82) is 0 Å². The molecular weight excluding hydrogens is 408 g/mol. The van der Waals surface area contributed by atoms with Gasteiger partial charge in [0.25, 0.3) is 0 Å². The second-order valence-electron chi connectivity index (χ2n) is 6.55. The Hall–Kier alpha value is -2.38. The summed E-state index contributed by atoms with van der Waals surface area (Å²) in [6, 6.07) is 7.08. The second kappa shape index (κ2) is 15.5. The van der Waals surface area contributed by atoms with Gasteiger partial charge in [0, 0.05) is 17.9 Å². The van der Waals surface area contributed by atoms with E-state index in [1.165, 1.54) is 6.08 Å². The van der Waals surface area contributed by atoms with Gasteiger partial charge >= 0.3 is 5.97 Å². The van der Waals surface area contributed by atoms with E-state index in [2.05, 4.69) is 0 Å². The summed E-state index contributed by atoms with van der Waals surface area (Å²) in [5, 5.41) is 38.5. The maximum atomic E-state index is 10.4. The molecule has 30 heavy (non-hydrogen) atoms. The van der Waals surface area contributed by atoms with Crippen LogP contribution in [-0.2, 0) is 4.79 Å². The van der Waals surface area contributed by atoms with Crippen LogP contribution in [0.5, 0.6) is 5.75 Å². The van der Waals surface area contributed by atoms with Crippen molar-refractivity contribution in [2.24, 2.45) is 0 Å². The van der Waals surface area contributed by atoms with Crippen molar-refractivity contribution in [3.8, 4) is 5.75 Å². The summed E-state index contributed by atoms with van der Waals surface area (Å²) < 4.78 is 5.52. The lowest BCUT2D eigenvalue weighted by Crippen LogP contribution is -2.23. The van der Waals surface area contributed by atoms with Crippen LogP contribution in [0.2, 0.25) is 5.02 Å². The molecule has 7 heteroatoms. The molecule has 0 aliphatic carbocycles. The predicted octanol–water partition coefficient (Wildman–Crippen LogP) is 3.67. The van der Waals surface area contributed by atoms with Crippen molar-refractivity contribution in [3.63, 3.8) is 0 Å². The fourth-order valence-electron chi connectivity index (χ4n) is 2.34. The van der Waals surface area contributed by atoms with E-state index >= 15 is 0 Å². The normalized spacial score (nSPS) is 15.3. The maximum absolute atomic E-state index is 10.4. The maximum Gasteiger partial charge on any atom is 0.303 e. The average molecular weight is 437 g/mol. The molecule has 0 unspecified atom stereocenters. The van der Waals surface area contributed by atoms with Gasteiger partial charge in [-0.2, -0.15) is 0 Å². The number of halogens is 1. The Balaban J connectivity index is 2.21. The Bertz CT molecular complexity index is 741. The van der Waals surface area contributed by atoms with E-state index in [9.17, 15) is 20.1 Å². The zero-order valence-electron chi connectivity index (χ0n) is 16.7. The first kappa shape index (κ1) is 25.7. The molecule has 0 aromatic heterocycles. The first-order valence-electron chi connectivity index (χ1n) is 9.71. The summed E-state index contributed by atoms with van der Waals surface area (Å²) >= 11 is 5.87. The minimum absolute atomic E-state index is 0.0324. The minimum Gasteiger partial charge on any atom is -0.493 e. The van der Waals surface area contributed by atoms with Crippen LogP contribution in [0.3, 0.4) is 0 Å². The Labute approximate surface area is 182 Å². The number of allylic oxidation sites excluding steroid dienone is 6. The van der Waals surface area contributed by atoms with Crippen molar-refractivity contribution >= 4 is 17.6 Å². The molecular formula is C23H29ClO6. The number of aliphatic carboxylic acids is 1. The van der Waals surface area contributed by atoms with Crippen molar-refractivity contribution in [2.45, 2.75) is 44.0 Å². The van der Waals surface area contributed by atoms with Crippen molar-refractivity contribution in [3.05, 3.63) is 77.9 Å². The van der Waals surface area contributed by atoms with Crippen molar-refractivity contribution in [2.75, 3.05) is 6.61 Å². The van der Waals surface area contributed by atoms with E-state index in [1.54, 1.807) is 66.8 Å². The second-order valence-corrected chi connectivity index (χ2v) is 6.98. The van der Waals surface area contributed by atoms with Gasteiger partial charge in [-0.25, -0.2) is 0 Å². The third-order valence-electron chi connectivity index (χ3n) is 3.96. The van der Waals surface area contributed by atoms with E-state index in [0.717, 1.165) is 0 Å². The Morgan fingerprint density at radius 3 is 2.33 bits per heavy atom. The number of benzene rings is 1. The molecule has 6 nitrogen and oxygen atoms in total. The number of rotatable bonds is 14. The summed E-state index contributed by atoms with van der Waals surface area (Å²) in [6.07, 6.45) is 11.6. The third kappa shape index (κ3) is 13.0. The van der Waals surface area contributed by atoms with Crippen LogP contribution < -0.4 is 4.74 Å². The zero-order chi connectivity index (χ0) is 22.2. The molecule has 0 aliphatic rings. The largest absolute Gasteiger partial charge is 0.493 e. The fraction of sp³-hybridized carbons (Fsp3) is 0.348. The van der Waals surface area contributed by atoms with Crippen LogP contribution in [-0.4, -0.2) is 51.3 Å². The number of carboxylic acids is 1. The van der Waals surface area contributed by atoms with Crippen molar-refractivity contribution in [1.82, 2.24) is 0 Å². The van der Waals surface area contributed by atoms with Gasteiger partial charge in [0.15, 0.2) is 0 Å². The molecule has 0 saturated heterocycles. The summed E-state index contributed by atoms with van der Waals surface area (Å²) in [6.45, 7) is 0.366. The van der Waals surface area contributed by atoms with Crippen LogP contribution >= 0.6 is 11.6 Å². The molecule has 0 radical (unpaired) electrons. The van der Waals surface area contributed by atoms with Crippen LogP contribution in [0.4, 0.5) is 0 Å². The fourth-order valence-corrected chi connectivity index (χ4v) is 2.52. The van der Waals surface area contributed by atoms with Gasteiger partial charge in [-0.05, 0) is 31.0 Å². The number of ether oxygens (including phenoxy) is 1. The van der Waals surface area contributed by atoms with Gasteiger partial charge in [-0.15, -0.1) is 0 Å². The van der Waals surface area contributed by atoms with E-state index in [4.69, 9.17) is 21.4 Å². The van der Waals surface area contributed by atoms with E-state index in [0.29, 0.717) is 30.2 Å². The Kier molecular flexibility index (Phi) is 13.2. The van der Waals surface area contributed by atoms with Crippen molar-refractivity contribution < 1.29 is 30.0 Å². The first-order valence-corrected chi connectivity index (χ1v) is 10.1. The highest BCUT2D eigenvalue weighted by atomic mass is 35.5. The van der Waals surface area contributed by atoms with Crippen LogP contribution in [0, 0.1) is 0 Å². The van der Waals surface area contributed by atoms with Gasteiger partial charge in [-0.3, -0.25) is 4.79 Å². The molecule has 0 aliphatic heterocycles. The Morgan fingerprint density at radius 1 is 1.00 bits per heavy atom. The average Bonchev–Trinajstić information content (AvgIpc) is 2.69. The van der Waals surface area contributed by atoms with Crippen LogP contribution in [0.15, 0.2) is 72.9 Å². The van der Waals surface area contributed by atoms with Crippen LogP contribution in [0.1, 0.15) is 25.7 Å². The molecule has 0 amide bonds. The molecule has 0 heterocycles. The highest BCUT2D eigenvalue weighted by Crippen LogP contribution is 2.17. The van der Waals surface area contributed by atoms with Gasteiger partial charge in [0.05, 0.1) is 24.9 Å². The van der Waals surface area contributed by atoms with Gasteiger partial charge in [-0.1, -0.05) is 66.3 Å². The molecule has 0 fully saturated rings.